The van der Waals surface area contributed by atoms with Gasteiger partial charge in [-0.3, -0.25) is 4.98 Å². The maximum Gasteiger partial charge on any atom is 0.154 e. The van der Waals surface area contributed by atoms with Crippen molar-refractivity contribution in [3.05, 3.63) is 66.1 Å². The lowest BCUT2D eigenvalue weighted by Gasteiger charge is -2.13. The molecule has 0 radical (unpaired) electrons. The van der Waals surface area contributed by atoms with Crippen LogP contribution in [0.4, 0.5) is 0 Å². The first kappa shape index (κ1) is 22.8. The van der Waals surface area contributed by atoms with E-state index in [1.54, 1.807) is 24.1 Å². The van der Waals surface area contributed by atoms with Crippen LogP contribution < -0.4 is 10.5 Å². The van der Waals surface area contributed by atoms with Crippen LogP contribution in [0.25, 0.3) is 28.0 Å². The van der Waals surface area contributed by atoms with Gasteiger partial charge in [-0.1, -0.05) is 19.1 Å². The summed E-state index contributed by atoms with van der Waals surface area (Å²) in [5, 5.41) is 14.9. The Balaban J connectivity index is 1.83. The molecule has 3 N–H and O–H groups in total. The SMILES string of the molecule is CC[C@H](N)c1cccc(-c2cc(OCCCOC)c3cnn(-c4cccc(CO)n4)c3c2)n1. The molecule has 8 heteroatoms. The fourth-order valence-electron chi connectivity index (χ4n) is 3.63. The summed E-state index contributed by atoms with van der Waals surface area (Å²) in [5.74, 6) is 1.34. The van der Waals surface area contributed by atoms with Crippen molar-refractivity contribution in [1.82, 2.24) is 19.7 Å². The number of aliphatic hydroxyl groups excluding tert-OH is 1. The van der Waals surface area contributed by atoms with Gasteiger partial charge >= 0.3 is 0 Å². The first-order valence-corrected chi connectivity index (χ1v) is 11.1. The smallest absolute Gasteiger partial charge is 0.154 e. The van der Waals surface area contributed by atoms with Crippen LogP contribution in [-0.2, 0) is 11.3 Å². The molecular formula is C25H29N5O3. The van der Waals surface area contributed by atoms with Gasteiger partial charge in [0.2, 0.25) is 0 Å². The Labute approximate surface area is 193 Å². The van der Waals surface area contributed by atoms with Crippen LogP contribution in [-0.4, -0.2) is 45.2 Å². The summed E-state index contributed by atoms with van der Waals surface area (Å²) in [6.45, 7) is 3.05. The topological polar surface area (TPSA) is 108 Å². The molecular weight excluding hydrogens is 418 g/mol. The molecule has 4 aromatic rings. The quantitative estimate of drug-likeness (QED) is 0.356. The molecule has 3 heterocycles. The minimum absolute atomic E-state index is 0.116. The van der Waals surface area contributed by atoms with E-state index < -0.39 is 0 Å². The van der Waals surface area contributed by atoms with Gasteiger partial charge in [-0.05, 0) is 42.8 Å². The summed E-state index contributed by atoms with van der Waals surface area (Å²) in [4.78, 5) is 9.32. The van der Waals surface area contributed by atoms with Gasteiger partial charge in [0.15, 0.2) is 5.82 Å². The molecule has 0 saturated heterocycles. The Hall–Kier alpha value is -3.33. The molecule has 3 aromatic heterocycles. The lowest BCUT2D eigenvalue weighted by molar-refractivity contribution is 0.172. The molecule has 172 valence electrons. The summed E-state index contributed by atoms with van der Waals surface area (Å²) < 4.78 is 13.0. The van der Waals surface area contributed by atoms with Gasteiger partial charge in [0, 0.05) is 31.7 Å². The summed E-state index contributed by atoms with van der Waals surface area (Å²) in [7, 11) is 1.68. The van der Waals surface area contributed by atoms with E-state index in [-0.39, 0.29) is 12.6 Å². The minimum atomic E-state index is -0.138. The summed E-state index contributed by atoms with van der Waals surface area (Å²) >= 11 is 0. The number of nitrogens with zero attached hydrogens (tertiary/aromatic N) is 4. The zero-order chi connectivity index (χ0) is 23.2. The van der Waals surface area contributed by atoms with Gasteiger partial charge < -0.3 is 20.3 Å². The van der Waals surface area contributed by atoms with Crippen molar-refractivity contribution < 1.29 is 14.6 Å². The number of aliphatic hydroxyl groups is 1. The van der Waals surface area contributed by atoms with Gasteiger partial charge in [-0.2, -0.15) is 5.10 Å². The molecule has 0 aliphatic carbocycles. The highest BCUT2D eigenvalue weighted by Crippen LogP contribution is 2.33. The number of aromatic nitrogens is 4. The Morgan fingerprint density at radius 2 is 1.94 bits per heavy atom. The van der Waals surface area contributed by atoms with E-state index in [0.717, 1.165) is 46.4 Å². The first-order valence-electron chi connectivity index (χ1n) is 11.1. The molecule has 0 unspecified atom stereocenters. The zero-order valence-corrected chi connectivity index (χ0v) is 18.9. The third-order valence-corrected chi connectivity index (χ3v) is 5.46. The van der Waals surface area contributed by atoms with Gasteiger partial charge in [-0.15, -0.1) is 0 Å². The molecule has 0 amide bonds. The lowest BCUT2D eigenvalue weighted by Crippen LogP contribution is -2.10. The largest absolute Gasteiger partial charge is 0.493 e. The van der Waals surface area contributed by atoms with Crippen LogP contribution in [0, 0.1) is 0 Å². The molecule has 0 aliphatic rings. The second-order valence-electron chi connectivity index (χ2n) is 7.77. The normalized spacial score (nSPS) is 12.2. The van der Waals surface area contributed by atoms with Crippen molar-refractivity contribution in [3.8, 4) is 22.8 Å². The monoisotopic (exact) mass is 447 g/mol. The number of hydrogen-bond donors (Lipinski definition) is 2. The van der Waals surface area contributed by atoms with Gasteiger partial charge in [-0.25, -0.2) is 9.67 Å². The fourth-order valence-corrected chi connectivity index (χ4v) is 3.63. The zero-order valence-electron chi connectivity index (χ0n) is 18.9. The van der Waals surface area contributed by atoms with Crippen molar-refractivity contribution in [2.75, 3.05) is 20.3 Å². The maximum absolute atomic E-state index is 9.50. The number of pyridine rings is 2. The van der Waals surface area contributed by atoms with Crippen molar-refractivity contribution >= 4 is 10.9 Å². The predicted molar refractivity (Wildman–Crippen MR) is 127 cm³/mol. The van der Waals surface area contributed by atoms with E-state index in [9.17, 15) is 5.11 Å². The molecule has 0 bridgehead atoms. The Morgan fingerprint density at radius 3 is 2.73 bits per heavy atom. The summed E-state index contributed by atoms with van der Waals surface area (Å²) in [6, 6.07) is 15.3. The third-order valence-electron chi connectivity index (χ3n) is 5.46. The number of benzene rings is 1. The van der Waals surface area contributed by atoms with Gasteiger partial charge in [0.1, 0.15) is 5.75 Å². The summed E-state index contributed by atoms with van der Waals surface area (Å²) in [5.41, 5.74) is 10.2. The molecule has 4 rings (SSSR count). The molecule has 1 atom stereocenters. The van der Waals surface area contributed by atoms with E-state index in [0.29, 0.717) is 24.7 Å². The highest BCUT2D eigenvalue weighted by molar-refractivity contribution is 5.90. The van der Waals surface area contributed by atoms with Crippen LogP contribution in [0.2, 0.25) is 0 Å². The number of hydrogen-bond acceptors (Lipinski definition) is 7. The van der Waals surface area contributed by atoms with Crippen molar-refractivity contribution in [2.45, 2.75) is 32.4 Å². The van der Waals surface area contributed by atoms with E-state index >= 15 is 0 Å². The Morgan fingerprint density at radius 1 is 1.09 bits per heavy atom. The minimum Gasteiger partial charge on any atom is -0.493 e. The average Bonchev–Trinajstić information content (AvgIpc) is 3.30. The van der Waals surface area contributed by atoms with E-state index in [1.807, 2.05) is 49.4 Å². The van der Waals surface area contributed by atoms with Crippen LogP contribution in [0.3, 0.4) is 0 Å². The van der Waals surface area contributed by atoms with Crippen LogP contribution in [0.5, 0.6) is 5.75 Å². The summed E-state index contributed by atoms with van der Waals surface area (Å²) in [6.07, 6.45) is 3.35. The van der Waals surface area contributed by atoms with Crippen LogP contribution in [0.15, 0.2) is 54.7 Å². The second-order valence-corrected chi connectivity index (χ2v) is 7.77. The molecule has 1 aromatic carbocycles. The number of ether oxygens (including phenoxy) is 2. The van der Waals surface area contributed by atoms with E-state index in [2.05, 4.69) is 10.1 Å². The van der Waals surface area contributed by atoms with Crippen molar-refractivity contribution in [1.29, 1.82) is 0 Å². The van der Waals surface area contributed by atoms with Gasteiger partial charge in [0.05, 0.1) is 47.4 Å². The Kier molecular flexibility index (Phi) is 7.29. The molecule has 0 saturated carbocycles. The number of fused-ring (bicyclic) bond motifs is 1. The number of methoxy groups -OCH3 is 1. The van der Waals surface area contributed by atoms with E-state index in [1.165, 1.54) is 0 Å². The first-order chi connectivity index (χ1) is 16.1. The molecule has 33 heavy (non-hydrogen) atoms. The highest BCUT2D eigenvalue weighted by atomic mass is 16.5. The van der Waals surface area contributed by atoms with Crippen LogP contribution in [0.1, 0.15) is 37.2 Å². The fraction of sp³-hybridized carbons (Fsp3) is 0.320. The third kappa shape index (κ3) is 5.03. The van der Waals surface area contributed by atoms with Crippen molar-refractivity contribution in [2.24, 2.45) is 5.73 Å². The number of rotatable bonds is 10. The number of nitrogens with two attached hydrogens (primary N) is 1. The maximum atomic E-state index is 9.50. The van der Waals surface area contributed by atoms with Crippen molar-refractivity contribution in [3.63, 3.8) is 0 Å². The predicted octanol–water partition coefficient (Wildman–Crippen LogP) is 3.80. The Bertz CT molecular complexity index is 1220. The molecule has 8 nitrogen and oxygen atoms in total. The second kappa shape index (κ2) is 10.5. The van der Waals surface area contributed by atoms with E-state index in [4.69, 9.17) is 20.2 Å². The molecule has 0 aliphatic heterocycles. The lowest BCUT2D eigenvalue weighted by atomic mass is 10.1. The molecule has 0 spiro atoms. The highest BCUT2D eigenvalue weighted by Gasteiger charge is 2.15. The standard InChI is InChI=1S/C25H29N5O3/c1-3-20(26)22-9-5-8-21(29-22)17-13-23-19(24(14-17)33-12-6-11-32-2)15-27-30(23)25-10-4-7-18(16-31)28-25/h4-5,7-10,13-15,20,31H,3,6,11-12,16,26H2,1-2H3/t20-/m0/s1. The van der Waals surface area contributed by atoms with Crippen LogP contribution >= 0.6 is 0 Å². The molecule has 0 fully saturated rings. The average molecular weight is 448 g/mol. The van der Waals surface area contributed by atoms with Gasteiger partial charge in [0.25, 0.3) is 0 Å².